The fourth-order valence-corrected chi connectivity index (χ4v) is 3.68. The van der Waals surface area contributed by atoms with Gasteiger partial charge in [-0.05, 0) is 37.8 Å². The van der Waals surface area contributed by atoms with Crippen molar-refractivity contribution in [2.75, 3.05) is 52.4 Å². The first kappa shape index (κ1) is 17.7. The third-order valence-electron chi connectivity index (χ3n) is 5.49. The number of amides is 1. The zero-order valence-electron chi connectivity index (χ0n) is 15.1. The second-order valence-electron chi connectivity index (χ2n) is 7.74. The number of carbonyl (C=O) groups is 1. The molecule has 2 rings (SSSR count). The van der Waals surface area contributed by atoms with E-state index in [9.17, 15) is 4.79 Å². The zero-order valence-corrected chi connectivity index (χ0v) is 15.1. The second kappa shape index (κ2) is 8.30. The van der Waals surface area contributed by atoms with Crippen LogP contribution in [0.15, 0.2) is 0 Å². The molecule has 0 N–H and O–H groups in total. The molecule has 0 aromatic carbocycles. The van der Waals surface area contributed by atoms with Gasteiger partial charge in [-0.2, -0.15) is 0 Å². The molecule has 22 heavy (non-hydrogen) atoms. The summed E-state index contributed by atoms with van der Waals surface area (Å²) in [7, 11) is 0. The van der Waals surface area contributed by atoms with E-state index < -0.39 is 0 Å². The van der Waals surface area contributed by atoms with Crippen molar-refractivity contribution in [3.05, 3.63) is 0 Å². The number of nitrogens with zero attached hydrogens (tertiary/aromatic N) is 3. The van der Waals surface area contributed by atoms with Crippen LogP contribution >= 0.6 is 0 Å². The molecule has 0 radical (unpaired) electrons. The number of likely N-dealkylation sites (tertiary alicyclic amines) is 1. The minimum absolute atomic E-state index is 0.133. The Morgan fingerprint density at radius 3 is 1.82 bits per heavy atom. The van der Waals surface area contributed by atoms with E-state index in [0.717, 1.165) is 44.6 Å². The van der Waals surface area contributed by atoms with Gasteiger partial charge in [-0.1, -0.05) is 27.7 Å². The van der Waals surface area contributed by atoms with Gasteiger partial charge in [0, 0.05) is 45.2 Å². The van der Waals surface area contributed by atoms with Gasteiger partial charge in [-0.25, -0.2) is 0 Å². The lowest BCUT2D eigenvalue weighted by Crippen LogP contribution is -2.51. The highest BCUT2D eigenvalue weighted by Gasteiger charge is 2.24. The second-order valence-corrected chi connectivity index (χ2v) is 7.74. The number of hydrogen-bond acceptors (Lipinski definition) is 3. The predicted molar refractivity (Wildman–Crippen MR) is 91.9 cm³/mol. The Kier molecular flexibility index (Phi) is 6.69. The number of rotatable bonds is 5. The Balaban J connectivity index is 1.62. The van der Waals surface area contributed by atoms with E-state index >= 15 is 0 Å². The van der Waals surface area contributed by atoms with Gasteiger partial charge in [0.05, 0.1) is 0 Å². The monoisotopic (exact) mass is 309 g/mol. The first-order valence-corrected chi connectivity index (χ1v) is 9.21. The maximum Gasteiger partial charge on any atom is 0.225 e. The van der Waals surface area contributed by atoms with Gasteiger partial charge >= 0.3 is 0 Å². The molecule has 1 amide bonds. The molecule has 128 valence electrons. The van der Waals surface area contributed by atoms with Crippen LogP contribution < -0.4 is 0 Å². The molecule has 0 saturated carbocycles. The Morgan fingerprint density at radius 2 is 1.36 bits per heavy atom. The molecule has 2 aliphatic heterocycles. The van der Waals surface area contributed by atoms with E-state index in [1.165, 1.54) is 32.5 Å². The van der Waals surface area contributed by atoms with Crippen LogP contribution in [0, 0.1) is 17.8 Å². The molecule has 2 fully saturated rings. The minimum atomic E-state index is 0.133. The van der Waals surface area contributed by atoms with Crippen LogP contribution in [-0.2, 0) is 4.79 Å². The van der Waals surface area contributed by atoms with Crippen molar-refractivity contribution in [1.29, 1.82) is 0 Å². The van der Waals surface area contributed by atoms with Gasteiger partial charge in [-0.15, -0.1) is 0 Å². The Bertz CT molecular complexity index is 340. The van der Waals surface area contributed by atoms with Crippen LogP contribution in [-0.4, -0.2) is 73.0 Å². The Morgan fingerprint density at radius 1 is 0.864 bits per heavy atom. The predicted octanol–water partition coefficient (Wildman–Crippen LogP) is 2.15. The average molecular weight is 309 g/mol. The maximum absolute atomic E-state index is 12.0. The first-order valence-electron chi connectivity index (χ1n) is 9.21. The maximum atomic E-state index is 12.0. The van der Waals surface area contributed by atoms with Crippen LogP contribution in [0.5, 0.6) is 0 Å². The number of hydrogen-bond donors (Lipinski definition) is 0. The molecule has 0 unspecified atom stereocenters. The fourth-order valence-electron chi connectivity index (χ4n) is 3.68. The molecule has 2 heterocycles. The highest BCUT2D eigenvalue weighted by molar-refractivity contribution is 5.78. The summed E-state index contributed by atoms with van der Waals surface area (Å²) in [6.45, 7) is 17.5. The van der Waals surface area contributed by atoms with Crippen LogP contribution in [0.4, 0.5) is 0 Å². The number of carbonyl (C=O) groups excluding carboxylic acids is 1. The molecule has 4 heteroatoms. The molecule has 0 aliphatic carbocycles. The average Bonchev–Trinajstić information content (AvgIpc) is 2.53. The molecule has 0 aromatic rings. The SMILES string of the molecule is CC(C)C(=O)N1CCN(CCN2CCC(C(C)C)CC2)CC1. The van der Waals surface area contributed by atoms with Crippen molar-refractivity contribution in [3.63, 3.8) is 0 Å². The van der Waals surface area contributed by atoms with Crippen LogP contribution in [0.1, 0.15) is 40.5 Å². The van der Waals surface area contributed by atoms with E-state index in [4.69, 9.17) is 0 Å². The van der Waals surface area contributed by atoms with Gasteiger partial charge in [0.2, 0.25) is 5.91 Å². The van der Waals surface area contributed by atoms with E-state index in [1.807, 2.05) is 18.7 Å². The quantitative estimate of drug-likeness (QED) is 0.778. The summed E-state index contributed by atoms with van der Waals surface area (Å²) >= 11 is 0. The van der Waals surface area contributed by atoms with Crippen LogP contribution in [0.25, 0.3) is 0 Å². The Labute approximate surface area is 136 Å². The lowest BCUT2D eigenvalue weighted by Gasteiger charge is -2.38. The van der Waals surface area contributed by atoms with Gasteiger partial charge < -0.3 is 9.80 Å². The van der Waals surface area contributed by atoms with E-state index in [1.54, 1.807) is 0 Å². The minimum Gasteiger partial charge on any atom is -0.340 e. The van der Waals surface area contributed by atoms with Gasteiger partial charge in [0.1, 0.15) is 0 Å². The molecule has 0 aromatic heterocycles. The number of piperidine rings is 1. The third-order valence-corrected chi connectivity index (χ3v) is 5.49. The molecule has 0 spiro atoms. The molecule has 4 nitrogen and oxygen atoms in total. The zero-order chi connectivity index (χ0) is 16.1. The van der Waals surface area contributed by atoms with Gasteiger partial charge in [-0.3, -0.25) is 9.69 Å². The van der Waals surface area contributed by atoms with Crippen molar-refractivity contribution >= 4 is 5.91 Å². The van der Waals surface area contributed by atoms with E-state index in [0.29, 0.717) is 5.91 Å². The van der Waals surface area contributed by atoms with Gasteiger partial charge in [0.25, 0.3) is 0 Å². The fraction of sp³-hybridized carbons (Fsp3) is 0.944. The lowest BCUT2D eigenvalue weighted by molar-refractivity contribution is -0.136. The normalized spacial score (nSPS) is 22.7. The highest BCUT2D eigenvalue weighted by atomic mass is 16.2. The molecule has 2 saturated heterocycles. The molecular formula is C18H35N3O. The summed E-state index contributed by atoms with van der Waals surface area (Å²) in [5.74, 6) is 2.22. The van der Waals surface area contributed by atoms with Crippen molar-refractivity contribution in [3.8, 4) is 0 Å². The van der Waals surface area contributed by atoms with E-state index in [-0.39, 0.29) is 5.92 Å². The largest absolute Gasteiger partial charge is 0.340 e. The highest BCUT2D eigenvalue weighted by Crippen LogP contribution is 2.24. The van der Waals surface area contributed by atoms with Crippen LogP contribution in [0.2, 0.25) is 0 Å². The summed E-state index contributed by atoms with van der Waals surface area (Å²) in [4.78, 5) is 19.2. The standard InChI is InChI=1S/C18H35N3O/c1-15(2)17-5-7-19(8-6-17)9-10-20-11-13-21(14-12-20)18(22)16(3)4/h15-17H,5-14H2,1-4H3. The lowest BCUT2D eigenvalue weighted by atomic mass is 9.87. The van der Waals surface area contributed by atoms with Crippen molar-refractivity contribution in [2.45, 2.75) is 40.5 Å². The van der Waals surface area contributed by atoms with Gasteiger partial charge in [0.15, 0.2) is 0 Å². The number of piperazine rings is 1. The molecule has 0 atom stereocenters. The Hall–Kier alpha value is -0.610. The van der Waals surface area contributed by atoms with Crippen molar-refractivity contribution in [1.82, 2.24) is 14.7 Å². The van der Waals surface area contributed by atoms with Crippen molar-refractivity contribution in [2.24, 2.45) is 17.8 Å². The summed E-state index contributed by atoms with van der Waals surface area (Å²) in [5, 5.41) is 0. The molecule has 0 bridgehead atoms. The third kappa shape index (κ3) is 4.95. The summed E-state index contributed by atoms with van der Waals surface area (Å²) in [6, 6.07) is 0. The molecular weight excluding hydrogens is 274 g/mol. The summed E-state index contributed by atoms with van der Waals surface area (Å²) in [5.41, 5.74) is 0. The van der Waals surface area contributed by atoms with E-state index in [2.05, 4.69) is 23.6 Å². The molecule has 2 aliphatic rings. The van der Waals surface area contributed by atoms with Crippen molar-refractivity contribution < 1.29 is 4.79 Å². The topological polar surface area (TPSA) is 26.8 Å². The smallest absolute Gasteiger partial charge is 0.225 e. The van der Waals surface area contributed by atoms with Crippen LogP contribution in [0.3, 0.4) is 0 Å². The summed E-state index contributed by atoms with van der Waals surface area (Å²) < 4.78 is 0. The summed E-state index contributed by atoms with van der Waals surface area (Å²) in [6.07, 6.45) is 2.74. The first-order chi connectivity index (χ1) is 10.5.